The van der Waals surface area contributed by atoms with E-state index < -0.39 is 5.97 Å². The highest BCUT2D eigenvalue weighted by Crippen LogP contribution is 2.35. The van der Waals surface area contributed by atoms with Gasteiger partial charge in [-0.15, -0.1) is 0 Å². The van der Waals surface area contributed by atoms with Crippen molar-refractivity contribution < 1.29 is 14.3 Å². The Bertz CT molecular complexity index is 828. The fraction of sp³-hybridized carbons (Fsp3) is 0.333. The lowest BCUT2D eigenvalue weighted by Crippen LogP contribution is -2.09. The largest absolute Gasteiger partial charge is 0.481 e. The number of hydrogen-bond donors (Lipinski definition) is 1. The molecular formula is C15H14ClFN2O2S. The van der Waals surface area contributed by atoms with Crippen LogP contribution in [0.2, 0.25) is 5.02 Å². The van der Waals surface area contributed by atoms with Crippen molar-refractivity contribution in [1.29, 1.82) is 0 Å². The summed E-state index contributed by atoms with van der Waals surface area (Å²) in [5.41, 5.74) is 2.11. The lowest BCUT2D eigenvalue weighted by Gasteiger charge is -2.12. The Morgan fingerprint density at radius 1 is 1.55 bits per heavy atom. The fourth-order valence-electron chi connectivity index (χ4n) is 3.10. The molecule has 0 aliphatic carbocycles. The molecule has 1 unspecified atom stereocenters. The van der Waals surface area contributed by atoms with E-state index in [4.69, 9.17) is 28.9 Å². The Labute approximate surface area is 136 Å². The van der Waals surface area contributed by atoms with Crippen molar-refractivity contribution in [3.8, 4) is 0 Å². The fourth-order valence-corrected chi connectivity index (χ4v) is 3.57. The molecule has 0 amide bonds. The summed E-state index contributed by atoms with van der Waals surface area (Å²) in [6, 6.07) is 4.51. The van der Waals surface area contributed by atoms with E-state index in [9.17, 15) is 9.18 Å². The van der Waals surface area contributed by atoms with Crippen LogP contribution in [0.15, 0.2) is 18.2 Å². The molecule has 7 heteroatoms. The van der Waals surface area contributed by atoms with Gasteiger partial charge in [0.15, 0.2) is 4.77 Å². The van der Waals surface area contributed by atoms with Crippen LogP contribution in [0.3, 0.4) is 0 Å². The Morgan fingerprint density at radius 2 is 2.27 bits per heavy atom. The Balaban J connectivity index is 2.01. The van der Waals surface area contributed by atoms with Crippen molar-refractivity contribution in [3.63, 3.8) is 0 Å². The third kappa shape index (κ3) is 2.46. The van der Waals surface area contributed by atoms with Crippen molar-refractivity contribution in [3.05, 3.63) is 50.8 Å². The number of aromatic nitrogens is 2. The van der Waals surface area contributed by atoms with Crippen LogP contribution in [0.25, 0.3) is 0 Å². The van der Waals surface area contributed by atoms with Crippen molar-refractivity contribution in [2.45, 2.75) is 25.3 Å². The first-order chi connectivity index (χ1) is 10.4. The Kier molecular flexibility index (Phi) is 3.82. The van der Waals surface area contributed by atoms with Gasteiger partial charge in [0.05, 0.1) is 12.1 Å². The first-order valence-corrected chi connectivity index (χ1v) is 7.61. The summed E-state index contributed by atoms with van der Waals surface area (Å²) in [5, 5.41) is 9.55. The first-order valence-electron chi connectivity index (χ1n) is 6.82. The number of nitrogens with zero attached hydrogens (tertiary/aromatic N) is 2. The Morgan fingerprint density at radius 3 is 2.95 bits per heavy atom. The minimum atomic E-state index is -0.906. The molecule has 0 bridgehead atoms. The highest BCUT2D eigenvalue weighted by Gasteiger charge is 2.30. The predicted octanol–water partition coefficient (Wildman–Crippen LogP) is 3.32. The summed E-state index contributed by atoms with van der Waals surface area (Å²) in [6.07, 6.45) is 0.470. The van der Waals surface area contributed by atoms with Gasteiger partial charge in [0.1, 0.15) is 5.82 Å². The predicted molar refractivity (Wildman–Crippen MR) is 83.4 cm³/mol. The second kappa shape index (κ2) is 5.52. The maximum absolute atomic E-state index is 14.0. The van der Waals surface area contributed by atoms with Gasteiger partial charge in [0.25, 0.3) is 0 Å². The van der Waals surface area contributed by atoms with E-state index in [0.717, 1.165) is 5.69 Å². The monoisotopic (exact) mass is 340 g/mol. The summed E-state index contributed by atoms with van der Waals surface area (Å²) in [5.74, 6) is -1.28. The number of halogens is 2. The van der Waals surface area contributed by atoms with E-state index in [0.29, 0.717) is 34.0 Å². The van der Waals surface area contributed by atoms with E-state index in [2.05, 4.69) is 0 Å². The van der Waals surface area contributed by atoms with Crippen LogP contribution in [-0.2, 0) is 31.2 Å². The standard InChI is InChI=1S/C15H14ClFN2O2S/c1-18-12(6-14(20)21)13-4-8(7-19(13)15(18)22)10-5-9(16)2-3-11(10)17/h2-3,5,8H,4,6-7H2,1H3,(H,20,21). The SMILES string of the molecule is Cn1c(CC(=O)O)c2n(c1=S)CC(c1cc(Cl)ccc1F)C2. The lowest BCUT2D eigenvalue weighted by molar-refractivity contribution is -0.136. The van der Waals surface area contributed by atoms with Crippen LogP contribution in [0.5, 0.6) is 0 Å². The molecule has 1 aliphatic heterocycles. The summed E-state index contributed by atoms with van der Waals surface area (Å²) < 4.78 is 18.2. The summed E-state index contributed by atoms with van der Waals surface area (Å²) in [6.45, 7) is 0.541. The van der Waals surface area contributed by atoms with E-state index in [1.54, 1.807) is 17.7 Å². The number of hydrogen-bond acceptors (Lipinski definition) is 2. The summed E-state index contributed by atoms with van der Waals surface area (Å²) in [4.78, 5) is 11.0. The van der Waals surface area contributed by atoms with Crippen molar-refractivity contribution >= 4 is 29.8 Å². The third-order valence-electron chi connectivity index (χ3n) is 4.14. The molecule has 1 aromatic heterocycles. The Hall–Kier alpha value is -1.66. The van der Waals surface area contributed by atoms with Gasteiger partial charge in [0.2, 0.25) is 0 Å². The van der Waals surface area contributed by atoms with E-state index >= 15 is 0 Å². The molecule has 0 radical (unpaired) electrons. The van der Waals surface area contributed by atoms with Crippen LogP contribution in [-0.4, -0.2) is 20.2 Å². The van der Waals surface area contributed by atoms with E-state index in [1.807, 2.05) is 4.57 Å². The second-order valence-corrected chi connectivity index (χ2v) is 6.28. The minimum absolute atomic E-state index is 0.0795. The minimum Gasteiger partial charge on any atom is -0.481 e. The number of carboxylic acids is 1. The molecule has 2 aromatic rings. The van der Waals surface area contributed by atoms with Crippen molar-refractivity contribution in [2.24, 2.45) is 7.05 Å². The molecule has 22 heavy (non-hydrogen) atoms. The quantitative estimate of drug-likeness (QED) is 0.872. The summed E-state index contributed by atoms with van der Waals surface area (Å²) >= 11 is 11.3. The molecule has 2 heterocycles. The number of fused-ring (bicyclic) bond motifs is 1. The number of carboxylic acid groups (broad SMARTS) is 1. The zero-order valence-electron chi connectivity index (χ0n) is 11.8. The van der Waals surface area contributed by atoms with Gasteiger partial charge in [0, 0.05) is 30.2 Å². The second-order valence-electron chi connectivity index (χ2n) is 5.48. The van der Waals surface area contributed by atoms with Crippen molar-refractivity contribution in [2.75, 3.05) is 0 Å². The molecule has 0 fully saturated rings. The molecular weight excluding hydrogens is 327 g/mol. The number of imidazole rings is 1. The average molecular weight is 341 g/mol. The molecule has 0 saturated carbocycles. The van der Waals surface area contributed by atoms with Gasteiger partial charge < -0.3 is 14.2 Å². The molecule has 1 atom stereocenters. The molecule has 0 spiro atoms. The van der Waals surface area contributed by atoms with Crippen LogP contribution in [0.1, 0.15) is 22.9 Å². The van der Waals surface area contributed by atoms with Gasteiger partial charge in [-0.05, 0) is 42.4 Å². The van der Waals surface area contributed by atoms with Crippen LogP contribution in [0, 0.1) is 10.6 Å². The van der Waals surface area contributed by atoms with E-state index in [-0.39, 0.29) is 18.2 Å². The molecule has 116 valence electrons. The maximum atomic E-state index is 14.0. The van der Waals surface area contributed by atoms with Gasteiger partial charge in [-0.2, -0.15) is 0 Å². The van der Waals surface area contributed by atoms with E-state index in [1.165, 1.54) is 12.1 Å². The lowest BCUT2D eigenvalue weighted by atomic mass is 9.95. The zero-order valence-corrected chi connectivity index (χ0v) is 13.4. The van der Waals surface area contributed by atoms with Crippen LogP contribution in [0.4, 0.5) is 4.39 Å². The van der Waals surface area contributed by atoms with Gasteiger partial charge in [-0.3, -0.25) is 4.79 Å². The molecule has 3 rings (SSSR count). The topological polar surface area (TPSA) is 47.2 Å². The zero-order chi connectivity index (χ0) is 16.0. The third-order valence-corrected chi connectivity index (χ3v) is 4.87. The molecule has 1 N–H and O–H groups in total. The first kappa shape index (κ1) is 15.2. The maximum Gasteiger partial charge on any atom is 0.309 e. The molecule has 1 aliphatic rings. The van der Waals surface area contributed by atoms with Crippen molar-refractivity contribution in [1.82, 2.24) is 9.13 Å². The number of rotatable bonds is 3. The highest BCUT2D eigenvalue weighted by molar-refractivity contribution is 7.71. The number of aliphatic carboxylic acids is 1. The highest BCUT2D eigenvalue weighted by atomic mass is 35.5. The summed E-state index contributed by atoms with van der Waals surface area (Å²) in [7, 11) is 1.76. The van der Waals surface area contributed by atoms with Gasteiger partial charge >= 0.3 is 5.97 Å². The number of benzene rings is 1. The van der Waals surface area contributed by atoms with Crippen LogP contribution >= 0.6 is 23.8 Å². The smallest absolute Gasteiger partial charge is 0.309 e. The normalized spacial score (nSPS) is 16.8. The van der Waals surface area contributed by atoms with Gasteiger partial charge in [-0.1, -0.05) is 11.6 Å². The average Bonchev–Trinajstić information content (AvgIpc) is 2.97. The number of carbonyl (C=O) groups is 1. The molecule has 1 aromatic carbocycles. The molecule has 4 nitrogen and oxygen atoms in total. The van der Waals surface area contributed by atoms with Crippen LogP contribution < -0.4 is 0 Å². The molecule has 0 saturated heterocycles. The van der Waals surface area contributed by atoms with Gasteiger partial charge in [-0.25, -0.2) is 4.39 Å².